The summed E-state index contributed by atoms with van der Waals surface area (Å²) in [5.74, 6) is 0. The molecule has 3 N–H and O–H groups in total. The van der Waals surface area contributed by atoms with Gasteiger partial charge in [0, 0.05) is 17.8 Å². The van der Waals surface area contributed by atoms with Gasteiger partial charge in [0.1, 0.15) is 0 Å². The molecule has 4 nitrogen and oxygen atoms in total. The van der Waals surface area contributed by atoms with Crippen molar-refractivity contribution in [3.63, 3.8) is 0 Å². The Labute approximate surface area is 121 Å². The van der Waals surface area contributed by atoms with Gasteiger partial charge >= 0.3 is 12.2 Å². The lowest BCUT2D eigenvalue weighted by Gasteiger charge is -2.25. The predicted molar refractivity (Wildman–Crippen MR) is 74.1 cm³/mol. The van der Waals surface area contributed by atoms with Gasteiger partial charge in [0.05, 0.1) is 6.42 Å². The van der Waals surface area contributed by atoms with Gasteiger partial charge in [-0.2, -0.15) is 13.2 Å². The number of halogens is 3. The normalized spacial score (nSPS) is 12.1. The zero-order valence-corrected chi connectivity index (χ0v) is 11.9. The third-order valence-electron chi connectivity index (χ3n) is 2.85. The van der Waals surface area contributed by atoms with E-state index in [1.54, 1.807) is 19.9 Å². The summed E-state index contributed by atoms with van der Waals surface area (Å²) in [7, 11) is 0. The zero-order valence-electron chi connectivity index (χ0n) is 11.9. The highest BCUT2D eigenvalue weighted by Gasteiger charge is 2.29. The molecule has 0 saturated heterocycles. The van der Waals surface area contributed by atoms with Crippen molar-refractivity contribution in [3.05, 3.63) is 29.8 Å². The molecule has 0 aliphatic carbocycles. The summed E-state index contributed by atoms with van der Waals surface area (Å²) in [5, 5.41) is 13.9. The number of carbonyl (C=O) groups is 1. The van der Waals surface area contributed by atoms with Gasteiger partial charge in [-0.05, 0) is 31.9 Å². The number of rotatable bonds is 5. The number of para-hydroxylation sites is 1. The molecule has 118 valence electrons. The number of hydrogen-bond acceptors (Lipinski definition) is 2. The van der Waals surface area contributed by atoms with Crippen LogP contribution in [0.15, 0.2) is 24.3 Å². The number of aliphatic hydroxyl groups is 1. The van der Waals surface area contributed by atoms with E-state index in [0.29, 0.717) is 6.42 Å². The second-order valence-electron chi connectivity index (χ2n) is 5.39. The lowest BCUT2D eigenvalue weighted by Crippen LogP contribution is -2.46. The quantitative estimate of drug-likeness (QED) is 0.783. The number of hydrogen-bond donors (Lipinski definition) is 3. The van der Waals surface area contributed by atoms with E-state index in [-0.39, 0.29) is 17.9 Å². The number of amides is 2. The number of alkyl halides is 3. The summed E-state index contributed by atoms with van der Waals surface area (Å²) in [4.78, 5) is 11.8. The van der Waals surface area contributed by atoms with Crippen LogP contribution in [0.25, 0.3) is 0 Å². The minimum Gasteiger partial charge on any atom is -0.396 e. The Morgan fingerprint density at radius 2 is 1.86 bits per heavy atom. The van der Waals surface area contributed by atoms with Crippen molar-refractivity contribution in [1.82, 2.24) is 5.32 Å². The molecule has 21 heavy (non-hydrogen) atoms. The summed E-state index contributed by atoms with van der Waals surface area (Å²) in [6.07, 6.45) is -5.11. The van der Waals surface area contributed by atoms with Gasteiger partial charge in [-0.3, -0.25) is 0 Å². The van der Waals surface area contributed by atoms with Crippen molar-refractivity contribution in [2.24, 2.45) is 0 Å². The molecule has 0 aliphatic heterocycles. The first-order valence-electron chi connectivity index (χ1n) is 6.48. The van der Waals surface area contributed by atoms with Crippen LogP contribution in [0.2, 0.25) is 0 Å². The minimum absolute atomic E-state index is 0.000106. The smallest absolute Gasteiger partial charge is 0.393 e. The first-order valence-corrected chi connectivity index (χ1v) is 6.48. The Morgan fingerprint density at radius 1 is 1.24 bits per heavy atom. The summed E-state index contributed by atoms with van der Waals surface area (Å²) in [6.45, 7) is 3.33. The lowest BCUT2D eigenvalue weighted by atomic mass is 10.0. The largest absolute Gasteiger partial charge is 0.396 e. The summed E-state index contributed by atoms with van der Waals surface area (Å²) in [5.41, 5.74) is -0.537. The first-order chi connectivity index (χ1) is 9.63. The van der Waals surface area contributed by atoms with E-state index in [1.807, 2.05) is 0 Å². The molecule has 0 heterocycles. The van der Waals surface area contributed by atoms with Crippen LogP contribution in [-0.2, 0) is 6.42 Å². The minimum atomic E-state index is -4.34. The van der Waals surface area contributed by atoms with Crippen LogP contribution in [0, 0.1) is 0 Å². The molecule has 0 atom stereocenters. The Kier molecular flexibility index (Phi) is 5.60. The van der Waals surface area contributed by atoms with Crippen LogP contribution >= 0.6 is 0 Å². The summed E-state index contributed by atoms with van der Waals surface area (Å²) < 4.78 is 37.4. The number of anilines is 1. The fourth-order valence-corrected chi connectivity index (χ4v) is 1.82. The van der Waals surface area contributed by atoms with Crippen LogP contribution in [0.5, 0.6) is 0 Å². The Bertz CT molecular complexity index is 487. The molecule has 0 saturated carbocycles. The van der Waals surface area contributed by atoms with E-state index < -0.39 is 24.2 Å². The molecule has 0 bridgehead atoms. The summed E-state index contributed by atoms with van der Waals surface area (Å²) >= 11 is 0. The van der Waals surface area contributed by atoms with E-state index in [1.165, 1.54) is 18.2 Å². The molecule has 1 aromatic rings. The van der Waals surface area contributed by atoms with Crippen molar-refractivity contribution in [3.8, 4) is 0 Å². The highest BCUT2D eigenvalue weighted by Crippen LogP contribution is 2.26. The average molecular weight is 304 g/mol. The standard InChI is InChI=1S/C14H19F3N2O2/c1-13(2,7-8-20)19-12(21)18-11-6-4-3-5-10(11)9-14(15,16)17/h3-6,20H,7-9H2,1-2H3,(H2,18,19,21). The van der Waals surface area contributed by atoms with Crippen molar-refractivity contribution in [2.75, 3.05) is 11.9 Å². The monoisotopic (exact) mass is 304 g/mol. The molecule has 2 amide bonds. The highest BCUT2D eigenvalue weighted by atomic mass is 19.4. The maximum Gasteiger partial charge on any atom is 0.393 e. The SMILES string of the molecule is CC(C)(CCO)NC(=O)Nc1ccccc1CC(F)(F)F. The molecule has 0 spiro atoms. The molecule has 0 radical (unpaired) electrons. The number of benzene rings is 1. The van der Waals surface area contributed by atoms with Crippen LogP contribution in [0.1, 0.15) is 25.8 Å². The van der Waals surface area contributed by atoms with Gasteiger partial charge in [-0.25, -0.2) is 4.79 Å². The maximum atomic E-state index is 12.5. The maximum absolute atomic E-state index is 12.5. The lowest BCUT2D eigenvalue weighted by molar-refractivity contribution is -0.127. The second kappa shape index (κ2) is 6.80. The average Bonchev–Trinajstić information content (AvgIpc) is 2.28. The second-order valence-corrected chi connectivity index (χ2v) is 5.39. The molecular formula is C14H19F3N2O2. The Balaban J connectivity index is 2.77. The van der Waals surface area contributed by atoms with Crippen molar-refractivity contribution >= 4 is 11.7 Å². The Morgan fingerprint density at radius 3 is 2.43 bits per heavy atom. The van der Waals surface area contributed by atoms with E-state index in [2.05, 4.69) is 10.6 Å². The van der Waals surface area contributed by atoms with Crippen LogP contribution in [-0.4, -0.2) is 29.5 Å². The molecular weight excluding hydrogens is 285 g/mol. The molecule has 0 unspecified atom stereocenters. The van der Waals surface area contributed by atoms with Crippen molar-refractivity contribution < 1.29 is 23.1 Å². The highest BCUT2D eigenvalue weighted by molar-refractivity contribution is 5.90. The number of urea groups is 1. The third kappa shape index (κ3) is 6.48. The van der Waals surface area contributed by atoms with E-state index in [9.17, 15) is 18.0 Å². The molecule has 7 heteroatoms. The van der Waals surface area contributed by atoms with Gasteiger partial charge in [0.15, 0.2) is 0 Å². The van der Waals surface area contributed by atoms with E-state index in [4.69, 9.17) is 5.11 Å². The fraction of sp³-hybridized carbons (Fsp3) is 0.500. The summed E-state index contributed by atoms with van der Waals surface area (Å²) in [6, 6.07) is 5.17. The zero-order chi connectivity index (χ0) is 16.1. The van der Waals surface area contributed by atoms with Crippen molar-refractivity contribution in [1.29, 1.82) is 0 Å². The molecule has 1 rings (SSSR count). The van der Waals surface area contributed by atoms with Crippen molar-refractivity contribution in [2.45, 2.75) is 38.4 Å². The molecule has 1 aromatic carbocycles. The van der Waals surface area contributed by atoms with E-state index in [0.717, 1.165) is 0 Å². The van der Waals surface area contributed by atoms with Gasteiger partial charge in [0.25, 0.3) is 0 Å². The predicted octanol–water partition coefficient (Wildman–Crippen LogP) is 3.07. The third-order valence-corrected chi connectivity index (χ3v) is 2.85. The number of aliphatic hydroxyl groups excluding tert-OH is 1. The molecule has 0 fully saturated rings. The topological polar surface area (TPSA) is 61.4 Å². The van der Waals surface area contributed by atoms with Crippen LogP contribution in [0.3, 0.4) is 0 Å². The van der Waals surface area contributed by atoms with E-state index >= 15 is 0 Å². The van der Waals surface area contributed by atoms with Gasteiger partial charge < -0.3 is 15.7 Å². The van der Waals surface area contributed by atoms with Gasteiger partial charge in [0.2, 0.25) is 0 Å². The molecule has 0 aromatic heterocycles. The Hall–Kier alpha value is -1.76. The first kappa shape index (κ1) is 17.3. The van der Waals surface area contributed by atoms with Crippen LogP contribution < -0.4 is 10.6 Å². The van der Waals surface area contributed by atoms with Gasteiger partial charge in [-0.1, -0.05) is 18.2 Å². The van der Waals surface area contributed by atoms with Crippen LogP contribution in [0.4, 0.5) is 23.7 Å². The number of carbonyl (C=O) groups excluding carboxylic acids is 1. The number of nitrogens with one attached hydrogen (secondary N) is 2. The molecule has 0 aliphatic rings. The fourth-order valence-electron chi connectivity index (χ4n) is 1.82. The van der Waals surface area contributed by atoms with Gasteiger partial charge in [-0.15, -0.1) is 0 Å².